The van der Waals surface area contributed by atoms with Gasteiger partial charge in [0.25, 0.3) is 5.69 Å². The Morgan fingerprint density at radius 3 is 2.65 bits per heavy atom. The van der Waals surface area contributed by atoms with Crippen LogP contribution in [-0.4, -0.2) is 9.91 Å². The molecular formula is C12H9FN2O2. The molecule has 1 aromatic heterocycles. The lowest BCUT2D eigenvalue weighted by Gasteiger charge is -2.05. The average molecular weight is 232 g/mol. The summed E-state index contributed by atoms with van der Waals surface area (Å²) >= 11 is 0. The number of halogens is 1. The Labute approximate surface area is 96.9 Å². The largest absolute Gasteiger partial charge is 0.287 e. The Bertz CT molecular complexity index is 584. The SMILES string of the molecule is Cc1cc([N+](=O)[O-])cnc1-c1ccccc1F. The van der Waals surface area contributed by atoms with Crippen molar-refractivity contribution in [1.82, 2.24) is 4.98 Å². The van der Waals surface area contributed by atoms with Gasteiger partial charge in [0.15, 0.2) is 0 Å². The van der Waals surface area contributed by atoms with Gasteiger partial charge in [-0.1, -0.05) is 12.1 Å². The number of hydrogen-bond donors (Lipinski definition) is 0. The average Bonchev–Trinajstić information content (AvgIpc) is 2.30. The van der Waals surface area contributed by atoms with Gasteiger partial charge in [0.1, 0.15) is 12.0 Å². The highest BCUT2D eigenvalue weighted by Crippen LogP contribution is 2.25. The van der Waals surface area contributed by atoms with Crippen LogP contribution in [-0.2, 0) is 0 Å². The van der Waals surface area contributed by atoms with Crippen molar-refractivity contribution >= 4 is 5.69 Å². The molecule has 1 heterocycles. The summed E-state index contributed by atoms with van der Waals surface area (Å²) < 4.78 is 13.5. The third kappa shape index (κ3) is 2.13. The van der Waals surface area contributed by atoms with Gasteiger partial charge in [0, 0.05) is 11.6 Å². The van der Waals surface area contributed by atoms with Gasteiger partial charge in [-0.25, -0.2) is 9.37 Å². The molecule has 17 heavy (non-hydrogen) atoms. The predicted molar refractivity (Wildman–Crippen MR) is 61.0 cm³/mol. The van der Waals surface area contributed by atoms with Crippen molar-refractivity contribution < 1.29 is 9.31 Å². The quantitative estimate of drug-likeness (QED) is 0.590. The molecule has 0 saturated heterocycles. The summed E-state index contributed by atoms with van der Waals surface area (Å²) in [6.45, 7) is 1.67. The van der Waals surface area contributed by atoms with Crippen LogP contribution in [0.4, 0.5) is 10.1 Å². The molecule has 86 valence electrons. The highest BCUT2D eigenvalue weighted by Gasteiger charge is 2.13. The van der Waals surface area contributed by atoms with Crippen molar-refractivity contribution in [3.8, 4) is 11.3 Å². The van der Waals surface area contributed by atoms with Crippen molar-refractivity contribution in [1.29, 1.82) is 0 Å². The molecule has 0 aliphatic rings. The Hall–Kier alpha value is -2.30. The van der Waals surface area contributed by atoms with Crippen molar-refractivity contribution in [3.63, 3.8) is 0 Å². The number of rotatable bonds is 2. The fourth-order valence-electron chi connectivity index (χ4n) is 1.60. The number of nitro groups is 1. The van der Waals surface area contributed by atoms with Crippen molar-refractivity contribution in [2.24, 2.45) is 0 Å². The molecule has 4 nitrogen and oxygen atoms in total. The van der Waals surface area contributed by atoms with Crippen molar-refractivity contribution in [3.05, 3.63) is 58.0 Å². The minimum absolute atomic E-state index is 0.0948. The van der Waals surface area contributed by atoms with Gasteiger partial charge in [-0.3, -0.25) is 10.1 Å². The maximum atomic E-state index is 13.5. The molecule has 5 heteroatoms. The molecule has 0 N–H and O–H groups in total. The van der Waals surface area contributed by atoms with E-state index >= 15 is 0 Å². The van der Waals surface area contributed by atoms with Gasteiger partial charge in [-0.2, -0.15) is 0 Å². The first-order valence-corrected chi connectivity index (χ1v) is 4.95. The van der Waals surface area contributed by atoms with Crippen molar-refractivity contribution in [2.75, 3.05) is 0 Å². The first-order valence-electron chi connectivity index (χ1n) is 4.95. The highest BCUT2D eigenvalue weighted by atomic mass is 19.1. The molecule has 0 saturated carbocycles. The fraction of sp³-hybridized carbons (Fsp3) is 0.0833. The lowest BCUT2D eigenvalue weighted by molar-refractivity contribution is -0.385. The second-order valence-electron chi connectivity index (χ2n) is 3.60. The minimum atomic E-state index is -0.523. The van der Waals surface area contributed by atoms with E-state index in [2.05, 4.69) is 4.98 Å². The zero-order valence-electron chi connectivity index (χ0n) is 9.05. The van der Waals surface area contributed by atoms with E-state index in [0.29, 0.717) is 16.8 Å². The number of pyridine rings is 1. The smallest absolute Gasteiger partial charge is 0.258 e. The van der Waals surface area contributed by atoms with Gasteiger partial charge in [0.05, 0.1) is 10.6 Å². The first kappa shape index (κ1) is 11.2. The van der Waals surface area contributed by atoms with Crippen LogP contribution in [0.5, 0.6) is 0 Å². The van der Waals surface area contributed by atoms with Crippen LogP contribution in [0.2, 0.25) is 0 Å². The zero-order valence-corrected chi connectivity index (χ0v) is 9.05. The second kappa shape index (κ2) is 4.29. The van der Waals surface area contributed by atoms with Crippen molar-refractivity contribution in [2.45, 2.75) is 6.92 Å². The summed E-state index contributed by atoms with van der Waals surface area (Å²) in [7, 11) is 0. The summed E-state index contributed by atoms with van der Waals surface area (Å²) in [6.07, 6.45) is 1.13. The monoisotopic (exact) mass is 232 g/mol. The van der Waals surface area contributed by atoms with Crippen LogP contribution in [0, 0.1) is 22.9 Å². The summed E-state index contributed by atoms with van der Waals surface area (Å²) in [5.41, 5.74) is 1.25. The summed E-state index contributed by atoms with van der Waals surface area (Å²) in [5, 5.41) is 10.6. The first-order chi connectivity index (χ1) is 8.09. The molecule has 0 aliphatic carbocycles. The lowest BCUT2D eigenvalue weighted by Crippen LogP contribution is -1.95. The molecule has 0 bridgehead atoms. The number of nitrogens with zero attached hydrogens (tertiary/aromatic N) is 2. The summed E-state index contributed by atoms with van der Waals surface area (Å²) in [4.78, 5) is 14.0. The summed E-state index contributed by atoms with van der Waals surface area (Å²) in [5.74, 6) is -0.392. The van der Waals surface area contributed by atoms with E-state index in [0.717, 1.165) is 6.20 Å². The number of benzene rings is 1. The molecule has 2 aromatic rings. The van der Waals surface area contributed by atoms with E-state index < -0.39 is 10.7 Å². The highest BCUT2D eigenvalue weighted by molar-refractivity contribution is 5.64. The van der Waals surface area contributed by atoms with Gasteiger partial charge in [0.2, 0.25) is 0 Å². The topological polar surface area (TPSA) is 56.0 Å². The standard InChI is InChI=1S/C12H9FN2O2/c1-8-6-9(15(16)17)7-14-12(8)10-4-2-3-5-11(10)13/h2-7H,1H3. The third-order valence-corrected chi connectivity index (χ3v) is 2.40. The molecule has 0 aliphatic heterocycles. The van der Waals surface area contributed by atoms with Gasteiger partial charge >= 0.3 is 0 Å². The maximum absolute atomic E-state index is 13.5. The van der Waals surface area contributed by atoms with Gasteiger partial charge < -0.3 is 0 Å². The van der Waals surface area contributed by atoms with Gasteiger partial charge in [-0.05, 0) is 24.6 Å². The van der Waals surface area contributed by atoms with Crippen LogP contribution in [0.15, 0.2) is 36.5 Å². The molecule has 0 unspecified atom stereocenters. The van der Waals surface area contributed by atoms with E-state index in [-0.39, 0.29) is 5.69 Å². The fourth-order valence-corrected chi connectivity index (χ4v) is 1.60. The van der Waals surface area contributed by atoms with E-state index in [1.165, 1.54) is 12.1 Å². The van der Waals surface area contributed by atoms with E-state index in [9.17, 15) is 14.5 Å². The Balaban J connectivity index is 2.55. The van der Waals surface area contributed by atoms with Crippen LogP contribution in [0.25, 0.3) is 11.3 Å². The van der Waals surface area contributed by atoms with E-state index in [4.69, 9.17) is 0 Å². The summed E-state index contributed by atoms with van der Waals surface area (Å²) in [6, 6.07) is 7.59. The predicted octanol–water partition coefficient (Wildman–Crippen LogP) is 3.10. The van der Waals surface area contributed by atoms with Crippen LogP contribution < -0.4 is 0 Å². The van der Waals surface area contributed by atoms with Crippen LogP contribution in [0.1, 0.15) is 5.56 Å². The molecule has 0 atom stereocenters. The molecule has 0 amide bonds. The third-order valence-electron chi connectivity index (χ3n) is 2.40. The normalized spacial score (nSPS) is 10.2. The molecule has 1 aromatic carbocycles. The van der Waals surface area contributed by atoms with E-state index in [1.807, 2.05) is 0 Å². The Morgan fingerprint density at radius 2 is 2.06 bits per heavy atom. The zero-order chi connectivity index (χ0) is 12.4. The second-order valence-corrected chi connectivity index (χ2v) is 3.60. The molecule has 0 spiro atoms. The minimum Gasteiger partial charge on any atom is -0.258 e. The number of aryl methyl sites for hydroxylation is 1. The Kier molecular flexibility index (Phi) is 2.82. The molecule has 0 fully saturated rings. The maximum Gasteiger partial charge on any atom is 0.287 e. The van der Waals surface area contributed by atoms with Gasteiger partial charge in [-0.15, -0.1) is 0 Å². The molecular weight excluding hydrogens is 223 g/mol. The molecule has 0 radical (unpaired) electrons. The van der Waals surface area contributed by atoms with Crippen LogP contribution in [0.3, 0.4) is 0 Å². The van der Waals surface area contributed by atoms with Crippen LogP contribution >= 0.6 is 0 Å². The molecule has 2 rings (SSSR count). The Morgan fingerprint density at radius 1 is 1.35 bits per heavy atom. The lowest BCUT2D eigenvalue weighted by atomic mass is 10.1. The van der Waals surface area contributed by atoms with E-state index in [1.54, 1.807) is 25.1 Å². The number of hydrogen-bond acceptors (Lipinski definition) is 3. The number of aromatic nitrogens is 1.